The number of carbonyl (C=O) groups is 1. The van der Waals surface area contributed by atoms with Crippen molar-refractivity contribution in [1.29, 1.82) is 0 Å². The van der Waals surface area contributed by atoms with E-state index in [0.717, 1.165) is 10.8 Å². The number of carbonyl (C=O) groups excluding carboxylic acids is 1. The highest BCUT2D eigenvalue weighted by molar-refractivity contribution is 7.45. The number of aldehydes is 1. The first-order chi connectivity index (χ1) is 14.0. The van der Waals surface area contributed by atoms with E-state index in [1.165, 1.54) is 0 Å². The number of nitrogens with one attached hydrogen (secondary N) is 2. The SMILES string of the molecule is O=CCNP(OCC1OC(n2cc(F)c(=O)[nH]c2=O)CC1O)Oc1ccccc1. The first kappa shape index (κ1) is 21.3. The van der Waals surface area contributed by atoms with Crippen molar-refractivity contribution in [3.05, 3.63) is 63.2 Å². The third-order valence-corrected chi connectivity index (χ3v) is 5.23. The molecule has 1 fully saturated rings. The summed E-state index contributed by atoms with van der Waals surface area (Å²) in [5.41, 5.74) is -1.98. The van der Waals surface area contributed by atoms with Crippen LogP contribution in [0.25, 0.3) is 0 Å². The molecule has 1 aromatic heterocycles. The zero-order valence-corrected chi connectivity index (χ0v) is 16.0. The van der Waals surface area contributed by atoms with Crippen LogP contribution >= 0.6 is 8.53 Å². The number of hydrogen-bond acceptors (Lipinski definition) is 8. The molecule has 2 heterocycles. The lowest BCUT2D eigenvalue weighted by Crippen LogP contribution is -2.34. The predicted molar refractivity (Wildman–Crippen MR) is 99.8 cm³/mol. The number of para-hydroxylation sites is 1. The monoisotopic (exact) mass is 427 g/mol. The summed E-state index contributed by atoms with van der Waals surface area (Å²) in [7, 11) is -1.71. The van der Waals surface area contributed by atoms with Gasteiger partial charge in [-0.2, -0.15) is 4.39 Å². The van der Waals surface area contributed by atoms with E-state index in [0.29, 0.717) is 12.0 Å². The Morgan fingerprint density at radius 3 is 2.86 bits per heavy atom. The normalized spacial score (nSPS) is 22.3. The zero-order chi connectivity index (χ0) is 20.8. The smallest absolute Gasteiger partial charge is 0.330 e. The number of ether oxygens (including phenoxy) is 1. The summed E-state index contributed by atoms with van der Waals surface area (Å²) < 4.78 is 31.2. The first-order valence-corrected chi connectivity index (χ1v) is 9.83. The lowest BCUT2D eigenvalue weighted by molar-refractivity contribution is -0.107. The largest absolute Gasteiger partial charge is 0.436 e. The van der Waals surface area contributed by atoms with E-state index in [1.807, 2.05) is 11.1 Å². The second kappa shape index (κ2) is 9.86. The molecule has 4 unspecified atom stereocenters. The maximum Gasteiger partial charge on any atom is 0.330 e. The molecule has 29 heavy (non-hydrogen) atoms. The highest BCUT2D eigenvalue weighted by Crippen LogP contribution is 2.37. The van der Waals surface area contributed by atoms with Crippen molar-refractivity contribution >= 4 is 14.8 Å². The van der Waals surface area contributed by atoms with Crippen LogP contribution in [0.4, 0.5) is 4.39 Å². The van der Waals surface area contributed by atoms with Crippen molar-refractivity contribution in [2.45, 2.75) is 24.9 Å². The van der Waals surface area contributed by atoms with Gasteiger partial charge in [-0.3, -0.25) is 14.3 Å². The van der Waals surface area contributed by atoms with E-state index in [9.17, 15) is 23.9 Å². The van der Waals surface area contributed by atoms with Crippen molar-refractivity contribution in [2.75, 3.05) is 13.2 Å². The van der Waals surface area contributed by atoms with Crippen LogP contribution in [0.2, 0.25) is 0 Å². The average Bonchev–Trinajstić information content (AvgIpc) is 3.08. The molecule has 1 saturated heterocycles. The van der Waals surface area contributed by atoms with E-state index in [-0.39, 0.29) is 19.6 Å². The Balaban J connectivity index is 1.63. The molecule has 3 N–H and O–H groups in total. The van der Waals surface area contributed by atoms with Gasteiger partial charge in [0.25, 0.3) is 5.56 Å². The van der Waals surface area contributed by atoms with Gasteiger partial charge in [0.05, 0.1) is 25.5 Å². The molecular formula is C17H19FN3O7P. The Labute approximate surface area is 165 Å². The maximum absolute atomic E-state index is 13.5. The van der Waals surface area contributed by atoms with Crippen LogP contribution in [0.5, 0.6) is 5.75 Å². The van der Waals surface area contributed by atoms with E-state index < -0.39 is 44.0 Å². The van der Waals surface area contributed by atoms with Crippen LogP contribution in [0.1, 0.15) is 12.6 Å². The topological polar surface area (TPSA) is 132 Å². The minimum atomic E-state index is -1.71. The molecule has 156 valence electrons. The molecule has 0 bridgehead atoms. The van der Waals surface area contributed by atoms with E-state index in [4.69, 9.17) is 13.8 Å². The molecule has 0 radical (unpaired) electrons. The number of benzene rings is 1. The third-order valence-electron chi connectivity index (χ3n) is 4.03. The lowest BCUT2D eigenvalue weighted by Gasteiger charge is -2.21. The summed E-state index contributed by atoms with van der Waals surface area (Å²) in [6.45, 7) is -0.107. The van der Waals surface area contributed by atoms with Crippen LogP contribution in [0, 0.1) is 5.82 Å². The first-order valence-electron chi connectivity index (χ1n) is 8.65. The van der Waals surface area contributed by atoms with Crippen molar-refractivity contribution in [2.24, 2.45) is 0 Å². The molecule has 1 aliphatic rings. The van der Waals surface area contributed by atoms with Gasteiger partial charge in [0.1, 0.15) is 24.4 Å². The Hall–Kier alpha value is -2.43. The second-order valence-electron chi connectivity index (χ2n) is 6.06. The van der Waals surface area contributed by atoms with E-state index >= 15 is 0 Å². The van der Waals surface area contributed by atoms with Gasteiger partial charge in [-0.25, -0.2) is 9.88 Å². The summed E-state index contributed by atoms with van der Waals surface area (Å²) in [6, 6.07) is 8.81. The van der Waals surface area contributed by atoms with E-state index in [1.54, 1.807) is 24.3 Å². The molecule has 12 heteroatoms. The Morgan fingerprint density at radius 2 is 2.14 bits per heavy atom. The second-order valence-corrected chi connectivity index (χ2v) is 7.33. The summed E-state index contributed by atoms with van der Waals surface area (Å²) >= 11 is 0. The van der Waals surface area contributed by atoms with Crippen molar-refractivity contribution in [3.8, 4) is 5.75 Å². The number of halogens is 1. The molecule has 0 saturated carbocycles. The Morgan fingerprint density at radius 1 is 1.38 bits per heavy atom. The number of aliphatic hydroxyl groups excluding tert-OH is 1. The summed E-state index contributed by atoms with van der Waals surface area (Å²) in [5, 5.41) is 13.0. The molecule has 4 atom stereocenters. The number of nitrogens with zero attached hydrogens (tertiary/aromatic N) is 1. The van der Waals surface area contributed by atoms with Gasteiger partial charge in [-0.05, 0) is 12.1 Å². The van der Waals surface area contributed by atoms with Crippen LogP contribution in [-0.2, 0) is 14.1 Å². The minimum absolute atomic E-state index is 0.00128. The summed E-state index contributed by atoms with van der Waals surface area (Å²) in [6.07, 6.45) is -1.41. The zero-order valence-electron chi connectivity index (χ0n) is 15.1. The van der Waals surface area contributed by atoms with Crippen LogP contribution < -0.4 is 20.9 Å². The van der Waals surface area contributed by atoms with Crippen molar-refractivity contribution in [3.63, 3.8) is 0 Å². The molecule has 3 rings (SSSR count). The van der Waals surface area contributed by atoms with Crippen LogP contribution in [-0.4, -0.2) is 46.3 Å². The minimum Gasteiger partial charge on any atom is -0.436 e. The van der Waals surface area contributed by atoms with E-state index in [2.05, 4.69) is 5.09 Å². The standard InChI is InChI=1S/C17H19FN3O7P/c18-12-9-21(17(25)20-16(12)24)15-8-13(23)14(27-15)10-26-29(19-6-7-22)28-11-4-2-1-3-5-11/h1-5,7,9,13-15,19,23H,6,8,10H2,(H,20,24,25). The van der Waals surface area contributed by atoms with Crippen molar-refractivity contribution in [1.82, 2.24) is 14.6 Å². The van der Waals surface area contributed by atoms with Crippen molar-refractivity contribution < 1.29 is 28.1 Å². The molecule has 1 aliphatic heterocycles. The third kappa shape index (κ3) is 5.55. The summed E-state index contributed by atoms with van der Waals surface area (Å²) in [5.74, 6) is -0.613. The highest BCUT2D eigenvalue weighted by Gasteiger charge is 2.36. The number of hydrogen-bond donors (Lipinski definition) is 3. The molecule has 10 nitrogen and oxygen atoms in total. The molecule has 0 aliphatic carbocycles. The molecule has 0 spiro atoms. The van der Waals surface area contributed by atoms with Gasteiger partial charge in [0.2, 0.25) is 5.82 Å². The fraction of sp³-hybridized carbons (Fsp3) is 0.353. The molecule has 2 aromatic rings. The summed E-state index contributed by atoms with van der Waals surface area (Å²) in [4.78, 5) is 35.5. The molecule has 1 aromatic carbocycles. The van der Waals surface area contributed by atoms with Gasteiger partial charge in [-0.1, -0.05) is 18.2 Å². The Kier molecular flexibility index (Phi) is 7.24. The number of rotatable bonds is 9. The fourth-order valence-corrected chi connectivity index (χ4v) is 3.67. The Bertz CT molecular complexity index is 939. The van der Waals surface area contributed by atoms with Gasteiger partial charge in [0.15, 0.2) is 0 Å². The van der Waals surface area contributed by atoms with Gasteiger partial charge in [0, 0.05) is 6.42 Å². The quantitative estimate of drug-likeness (QED) is 0.388. The molecule has 0 amide bonds. The predicted octanol–water partition coefficient (Wildman–Crippen LogP) is 0.435. The van der Waals surface area contributed by atoms with Crippen LogP contribution in [0.15, 0.2) is 46.1 Å². The number of H-pyrrole nitrogens is 1. The molecular weight excluding hydrogens is 408 g/mol. The average molecular weight is 427 g/mol. The number of aliphatic hydroxyl groups is 1. The number of aromatic amines is 1. The fourth-order valence-electron chi connectivity index (χ4n) is 2.64. The number of aromatic nitrogens is 2. The lowest BCUT2D eigenvalue weighted by atomic mass is 10.2. The van der Waals surface area contributed by atoms with Gasteiger partial charge in [-0.15, -0.1) is 0 Å². The maximum atomic E-state index is 13.5. The van der Waals surface area contributed by atoms with Gasteiger partial charge < -0.3 is 23.7 Å². The van der Waals surface area contributed by atoms with Gasteiger partial charge >= 0.3 is 14.2 Å². The highest BCUT2D eigenvalue weighted by atomic mass is 31.2. The van der Waals surface area contributed by atoms with Crippen LogP contribution in [0.3, 0.4) is 0 Å².